The minimum atomic E-state index is -6.61. The van der Waals surface area contributed by atoms with Crippen molar-refractivity contribution in [3.8, 4) is 0 Å². The normalized spacial score (nSPS) is 30.1. The number of alkyl halides is 24. The van der Waals surface area contributed by atoms with E-state index < -0.39 is 239 Å². The summed E-state index contributed by atoms with van der Waals surface area (Å²) in [7, 11) is -51.8. The molecule has 48 heteroatoms. The monoisotopic (exact) mass is 1480 g/mol. The number of carbonyl (C=O) groups excluding carboxylic acids is 2. The number of ether oxygens (including phenoxy) is 2. The lowest BCUT2D eigenvalue weighted by Gasteiger charge is -2.63. The predicted molar refractivity (Wildman–Crippen MR) is 264 cm³/mol. The molecule has 516 valence electrons. The minimum absolute atomic E-state index is 0.184. The van der Waals surface area contributed by atoms with E-state index in [2.05, 4.69) is 20.1 Å². The molecular formula is C40H60F24O16Si8. The van der Waals surface area contributed by atoms with Gasteiger partial charge in [0.25, 0.3) is 0 Å². The fourth-order valence-electron chi connectivity index (χ4n) is 7.92. The molecule has 88 heavy (non-hydrogen) atoms. The van der Waals surface area contributed by atoms with E-state index in [9.17, 15) is 115 Å². The Bertz CT molecular complexity index is 2140. The van der Waals surface area contributed by atoms with Gasteiger partial charge in [-0.15, -0.1) is 0 Å². The van der Waals surface area contributed by atoms with Crippen molar-refractivity contribution >= 4 is 82.4 Å². The average Bonchev–Trinajstić information content (AvgIpc) is 1.60. The van der Waals surface area contributed by atoms with Gasteiger partial charge in [0.2, 0.25) is 0 Å². The second-order valence-electron chi connectivity index (χ2n) is 20.1. The molecule has 6 aliphatic heterocycles. The smallest absolute Gasteiger partial charge is 0.462 e. The van der Waals surface area contributed by atoms with Gasteiger partial charge in [0.05, 0.1) is 13.2 Å². The number of hydrogen-bond acceptors (Lipinski definition) is 16. The topological polar surface area (TPSA) is 163 Å². The van der Waals surface area contributed by atoms with Crippen LogP contribution in [0.25, 0.3) is 0 Å². The number of halogens is 24. The Labute approximate surface area is 494 Å². The molecule has 0 amide bonds. The zero-order chi connectivity index (χ0) is 67.8. The summed E-state index contributed by atoms with van der Waals surface area (Å²) in [5.74, 6) is -1.46. The van der Waals surface area contributed by atoms with E-state index >= 15 is 0 Å². The Kier molecular flexibility index (Phi) is 27.1. The third-order valence-corrected chi connectivity index (χ3v) is 48.4. The quantitative estimate of drug-likeness (QED) is 0.0294. The summed E-state index contributed by atoms with van der Waals surface area (Å²) in [5.41, 5.74) is 0.173. The van der Waals surface area contributed by atoms with Crippen LogP contribution in [0.1, 0.15) is 105 Å². The van der Waals surface area contributed by atoms with Crippen molar-refractivity contribution < 1.29 is 174 Å². The molecular weight excluding hydrogens is 1420 g/mol. The van der Waals surface area contributed by atoms with Gasteiger partial charge >= 0.3 is 132 Å². The summed E-state index contributed by atoms with van der Waals surface area (Å²) >= 11 is 0. The van der Waals surface area contributed by atoms with E-state index in [0.717, 1.165) is 19.8 Å². The fourth-order valence-corrected chi connectivity index (χ4v) is 58.2. The van der Waals surface area contributed by atoms with Crippen molar-refractivity contribution in [3.05, 3.63) is 24.3 Å². The summed E-state index contributed by atoms with van der Waals surface area (Å²) in [5, 5.41) is 0. The lowest BCUT2D eigenvalue weighted by molar-refractivity contribution is -0.140. The largest absolute Gasteiger partial charge is 0.479 e. The Morgan fingerprint density at radius 2 is 0.466 bits per heavy atom. The van der Waals surface area contributed by atoms with Crippen molar-refractivity contribution in [1.29, 1.82) is 0 Å². The molecule has 0 atom stereocenters. The molecule has 0 aromatic heterocycles. The van der Waals surface area contributed by atoms with Gasteiger partial charge < -0.3 is 58.9 Å². The van der Waals surface area contributed by atoms with Gasteiger partial charge in [0, 0.05) is 111 Å². The lowest BCUT2D eigenvalue weighted by atomic mass is 10.3. The Morgan fingerprint density at radius 1 is 0.295 bits per heavy atom. The first-order valence-corrected chi connectivity index (χ1v) is 41.6. The standard InChI is InChI=1S/C28H39F21O14Si8.C8H14O2.C4H7F3/c1-20(2)21(50)51-11-3-12-64-52-65(13-4-22(29,30)31)55-68(16-7-25(38,39)40)57-66(53-64,14-5-23(32,33)34)59-70(18-9-27(44,45)46)60-67(54-64,15-6-24(35,36)37)58-69(56-65,17-8-26(41,42)43)62-71(61-68,63-70)19-10-28(47,48)49;1-4-5-6-10-8(9)7(2)3;1-2-3-4(5,6)7/h1,3-19H2,2H3;2,4-6H2,1,3H3;2-3H2,1H3. The van der Waals surface area contributed by atoms with Crippen LogP contribution in [0, 0.1) is 0 Å². The molecule has 0 unspecified atom stereocenters. The zero-order valence-corrected chi connectivity index (χ0v) is 54.6. The Hall–Kier alpha value is -2.00. The molecule has 0 N–H and O–H groups in total. The number of rotatable bonds is 24. The maximum atomic E-state index is 14.4. The Morgan fingerprint density at radius 3 is 0.602 bits per heavy atom. The lowest BCUT2D eigenvalue weighted by Crippen LogP contribution is -2.88. The number of esters is 2. The SMILES string of the molecule is C=C(C)C(=O)OCCCC.C=C(C)C(=O)OCCC[Si]12O[Si]3(CCC(F)(F)F)O[Si]4(CCC(F)(F)F)O[Si](CCC(F)(F)F)(O1)O[Si]1(CCC(F)(F)F)O[Si](CCC(F)(F)F)(O2)O[Si](CCC(F)(F)F)(O3)O[Si](CCC(F)(F)F)(O4)O1.CCCC(F)(F)F. The van der Waals surface area contributed by atoms with Gasteiger partial charge in [0.15, 0.2) is 0 Å². The minimum Gasteiger partial charge on any atom is -0.462 e. The average molecular weight is 1480 g/mol. The van der Waals surface area contributed by atoms with E-state index in [1.807, 2.05) is 0 Å². The van der Waals surface area contributed by atoms with E-state index in [1.165, 1.54) is 6.92 Å². The Balaban J connectivity index is 0.00000104. The van der Waals surface area contributed by atoms with Crippen LogP contribution < -0.4 is 0 Å². The first-order chi connectivity index (χ1) is 39.5. The van der Waals surface area contributed by atoms with Crippen LogP contribution in [0.4, 0.5) is 105 Å². The molecule has 0 aromatic carbocycles. The zero-order valence-electron chi connectivity index (χ0n) is 46.6. The van der Waals surface area contributed by atoms with Gasteiger partial charge in [0.1, 0.15) is 0 Å². The number of unbranched alkanes of at least 4 members (excludes halogenated alkanes) is 1. The highest BCUT2D eigenvalue weighted by atomic mass is 28.6. The molecule has 6 aliphatic rings. The van der Waals surface area contributed by atoms with Crippen LogP contribution in [0.15, 0.2) is 24.3 Å². The molecule has 8 bridgehead atoms. The first-order valence-electron chi connectivity index (χ1n) is 26.1. The molecule has 0 aliphatic carbocycles. The molecule has 0 spiro atoms. The van der Waals surface area contributed by atoms with Crippen LogP contribution in [0.5, 0.6) is 0 Å². The van der Waals surface area contributed by atoms with Gasteiger partial charge in [-0.1, -0.05) is 33.4 Å². The molecule has 6 fully saturated rings. The van der Waals surface area contributed by atoms with Crippen LogP contribution >= 0.6 is 0 Å². The second kappa shape index (κ2) is 29.7. The van der Waals surface area contributed by atoms with Gasteiger partial charge in [-0.05, 0) is 33.1 Å². The molecule has 6 heterocycles. The molecule has 0 radical (unpaired) electrons. The summed E-state index contributed by atoms with van der Waals surface area (Å²) in [6, 6.07) is -15.2. The van der Waals surface area contributed by atoms with Crippen LogP contribution in [0.3, 0.4) is 0 Å². The van der Waals surface area contributed by atoms with Crippen LogP contribution in [0.2, 0.25) is 48.4 Å². The third-order valence-electron chi connectivity index (χ3n) is 11.6. The molecule has 16 nitrogen and oxygen atoms in total. The van der Waals surface area contributed by atoms with Crippen molar-refractivity contribution in [3.63, 3.8) is 0 Å². The molecule has 0 saturated carbocycles. The highest BCUT2D eigenvalue weighted by molar-refractivity contribution is 7.03. The molecule has 6 rings (SSSR count). The summed E-state index contributed by atoms with van der Waals surface area (Å²) < 4.78 is 415. The highest BCUT2D eigenvalue weighted by Crippen LogP contribution is 2.57. The van der Waals surface area contributed by atoms with E-state index in [0.29, 0.717) is 12.2 Å². The van der Waals surface area contributed by atoms with E-state index in [1.54, 1.807) is 6.92 Å². The maximum Gasteiger partial charge on any atom is 0.479 e. The molecule has 0 aromatic rings. The van der Waals surface area contributed by atoms with Crippen molar-refractivity contribution in [2.24, 2.45) is 0 Å². The van der Waals surface area contributed by atoms with Crippen molar-refractivity contribution in [2.75, 3.05) is 13.2 Å². The number of hydrogen-bond donors (Lipinski definition) is 0. The van der Waals surface area contributed by atoms with Crippen molar-refractivity contribution in [2.45, 2.75) is 203 Å². The van der Waals surface area contributed by atoms with E-state index in [-0.39, 0.29) is 18.0 Å². The highest BCUT2D eigenvalue weighted by Gasteiger charge is 2.84. The summed E-state index contributed by atoms with van der Waals surface area (Å²) in [4.78, 5) is 23.0. The van der Waals surface area contributed by atoms with Crippen LogP contribution in [-0.4, -0.2) is 145 Å². The first kappa shape index (κ1) is 80.2. The number of carbonyl (C=O) groups is 2. The van der Waals surface area contributed by atoms with Crippen LogP contribution in [-0.2, 0) is 68.4 Å². The summed E-state index contributed by atoms with van der Waals surface area (Å²) in [6.07, 6.45) is -58.3. The molecule has 6 saturated heterocycles. The van der Waals surface area contributed by atoms with Gasteiger partial charge in [-0.2, -0.15) is 105 Å². The van der Waals surface area contributed by atoms with Crippen molar-refractivity contribution in [1.82, 2.24) is 0 Å². The third kappa shape index (κ3) is 27.9. The maximum absolute atomic E-state index is 14.4. The predicted octanol–water partition coefficient (Wildman–Crippen LogP) is 15.2. The van der Waals surface area contributed by atoms with E-state index in [4.69, 9.17) is 58.9 Å². The second-order valence-corrected chi connectivity index (χ2v) is 44.9. The summed E-state index contributed by atoms with van der Waals surface area (Å²) in [6.45, 7) is 12.7. The fraction of sp³-hybridized carbons (Fsp3) is 0.850. The van der Waals surface area contributed by atoms with Gasteiger partial charge in [-0.3, -0.25) is 0 Å². The van der Waals surface area contributed by atoms with Gasteiger partial charge in [-0.25, -0.2) is 9.59 Å².